The Morgan fingerprint density at radius 2 is 2.00 bits per heavy atom. The molecule has 0 aromatic carbocycles. The normalized spacial score (nSPS) is 32.1. The van der Waals surface area contributed by atoms with E-state index in [1.165, 1.54) is 0 Å². The van der Waals surface area contributed by atoms with E-state index in [1.807, 2.05) is 6.92 Å². The molecular formula is C14H26O3. The van der Waals surface area contributed by atoms with Crippen LogP contribution < -0.4 is 0 Å². The molecule has 0 amide bonds. The van der Waals surface area contributed by atoms with Gasteiger partial charge in [-0.25, -0.2) is 0 Å². The third kappa shape index (κ3) is 3.70. The summed E-state index contributed by atoms with van der Waals surface area (Å²) in [4.78, 5) is 11.6. The lowest BCUT2D eigenvalue weighted by molar-refractivity contribution is -0.168. The number of rotatable bonds is 3. The maximum atomic E-state index is 11.6. The number of hydrogen-bond acceptors (Lipinski definition) is 3. The highest BCUT2D eigenvalue weighted by molar-refractivity contribution is 5.72. The van der Waals surface area contributed by atoms with Crippen molar-refractivity contribution >= 4 is 5.97 Å². The molecule has 0 spiro atoms. The molecule has 0 aliphatic carbocycles. The minimum Gasteiger partial charge on any atom is -0.462 e. The first-order chi connectivity index (χ1) is 7.75. The third-order valence-corrected chi connectivity index (χ3v) is 3.73. The van der Waals surface area contributed by atoms with E-state index >= 15 is 0 Å². The molecule has 100 valence electrons. The van der Waals surface area contributed by atoms with Gasteiger partial charge in [-0.2, -0.15) is 0 Å². The van der Waals surface area contributed by atoms with Crippen molar-refractivity contribution in [3.05, 3.63) is 0 Å². The molecule has 1 rings (SSSR count). The van der Waals surface area contributed by atoms with Gasteiger partial charge in [0.05, 0.1) is 12.0 Å². The smallest absolute Gasteiger partial charge is 0.308 e. The van der Waals surface area contributed by atoms with Gasteiger partial charge < -0.3 is 9.47 Å². The Balaban J connectivity index is 2.64. The summed E-state index contributed by atoms with van der Waals surface area (Å²) in [5.74, 6) is 0.399. The second-order valence-electron chi connectivity index (χ2n) is 6.42. The van der Waals surface area contributed by atoms with E-state index in [2.05, 4.69) is 27.7 Å². The first kappa shape index (κ1) is 14.5. The predicted molar refractivity (Wildman–Crippen MR) is 67.7 cm³/mol. The van der Waals surface area contributed by atoms with Crippen LogP contribution in [0, 0.1) is 17.3 Å². The number of esters is 1. The zero-order valence-electron chi connectivity index (χ0n) is 11.9. The largest absolute Gasteiger partial charge is 0.462 e. The number of cyclic esters (lactones) is 1. The monoisotopic (exact) mass is 242 g/mol. The molecule has 17 heavy (non-hydrogen) atoms. The summed E-state index contributed by atoms with van der Waals surface area (Å²) in [6.45, 7) is 10.5. The van der Waals surface area contributed by atoms with Crippen LogP contribution in [0.3, 0.4) is 0 Å². The van der Waals surface area contributed by atoms with Gasteiger partial charge in [0.2, 0.25) is 0 Å². The van der Waals surface area contributed by atoms with Gasteiger partial charge in [0.1, 0.15) is 6.10 Å². The molecule has 0 aromatic heterocycles. The molecule has 0 N–H and O–H groups in total. The number of carbonyl (C=O) groups excluding carboxylic acids is 1. The number of methoxy groups -OCH3 is 1. The molecule has 0 radical (unpaired) electrons. The highest BCUT2D eigenvalue weighted by atomic mass is 16.5. The fourth-order valence-corrected chi connectivity index (χ4v) is 2.48. The fraction of sp³-hybridized carbons (Fsp3) is 0.929. The van der Waals surface area contributed by atoms with Gasteiger partial charge >= 0.3 is 5.97 Å². The standard InChI is InChI=1S/C14H26O3/c1-9-7-10(2)13(15)17-11(9)8-12(16-6)14(3,4)5/h9-12H,7-8H2,1-6H3. The van der Waals surface area contributed by atoms with Crippen molar-refractivity contribution in [1.29, 1.82) is 0 Å². The summed E-state index contributed by atoms with van der Waals surface area (Å²) in [6.07, 6.45) is 1.84. The first-order valence-electron chi connectivity index (χ1n) is 6.49. The van der Waals surface area contributed by atoms with E-state index in [0.29, 0.717) is 5.92 Å². The SMILES string of the molecule is COC(CC1OC(=O)C(C)CC1C)C(C)(C)C. The molecule has 1 aliphatic heterocycles. The second-order valence-corrected chi connectivity index (χ2v) is 6.42. The van der Waals surface area contributed by atoms with Crippen LogP contribution in [0.1, 0.15) is 47.5 Å². The Kier molecular flexibility index (Phi) is 4.59. The molecule has 1 fully saturated rings. The van der Waals surface area contributed by atoms with Crippen LogP contribution in [0.2, 0.25) is 0 Å². The van der Waals surface area contributed by atoms with Gasteiger partial charge in [-0.1, -0.05) is 34.6 Å². The fourth-order valence-electron chi connectivity index (χ4n) is 2.48. The van der Waals surface area contributed by atoms with E-state index in [-0.39, 0.29) is 29.5 Å². The molecule has 3 heteroatoms. The Bertz CT molecular complexity index is 267. The summed E-state index contributed by atoms with van der Waals surface area (Å²) >= 11 is 0. The van der Waals surface area contributed by atoms with E-state index in [4.69, 9.17) is 9.47 Å². The van der Waals surface area contributed by atoms with Crippen molar-refractivity contribution in [2.45, 2.75) is 59.7 Å². The van der Waals surface area contributed by atoms with Gasteiger partial charge in [-0.05, 0) is 17.8 Å². The first-order valence-corrected chi connectivity index (χ1v) is 6.49. The highest BCUT2D eigenvalue weighted by Crippen LogP contribution is 2.33. The van der Waals surface area contributed by atoms with Crippen molar-refractivity contribution in [1.82, 2.24) is 0 Å². The Morgan fingerprint density at radius 1 is 1.41 bits per heavy atom. The molecule has 1 saturated heterocycles. The van der Waals surface area contributed by atoms with Crippen molar-refractivity contribution in [2.75, 3.05) is 7.11 Å². The van der Waals surface area contributed by atoms with Gasteiger partial charge in [-0.3, -0.25) is 4.79 Å². The van der Waals surface area contributed by atoms with Crippen LogP contribution in [-0.2, 0) is 14.3 Å². The van der Waals surface area contributed by atoms with Gasteiger partial charge in [-0.15, -0.1) is 0 Å². The van der Waals surface area contributed by atoms with Crippen molar-refractivity contribution < 1.29 is 14.3 Å². The third-order valence-electron chi connectivity index (χ3n) is 3.73. The van der Waals surface area contributed by atoms with E-state index in [9.17, 15) is 4.79 Å². The molecule has 0 bridgehead atoms. The summed E-state index contributed by atoms with van der Waals surface area (Å²) in [5.41, 5.74) is 0.0734. The number of hydrogen-bond donors (Lipinski definition) is 0. The average molecular weight is 242 g/mol. The van der Waals surface area contributed by atoms with E-state index in [0.717, 1.165) is 12.8 Å². The average Bonchev–Trinajstić information content (AvgIpc) is 2.19. The van der Waals surface area contributed by atoms with Crippen LogP contribution in [0.5, 0.6) is 0 Å². The van der Waals surface area contributed by atoms with Gasteiger partial charge in [0.15, 0.2) is 0 Å². The summed E-state index contributed by atoms with van der Waals surface area (Å²) in [5, 5.41) is 0. The minimum absolute atomic E-state index is 0.00266. The molecule has 3 nitrogen and oxygen atoms in total. The molecule has 0 aromatic rings. The number of ether oxygens (including phenoxy) is 2. The summed E-state index contributed by atoms with van der Waals surface area (Å²) < 4.78 is 11.1. The van der Waals surface area contributed by atoms with Crippen molar-refractivity contribution in [3.63, 3.8) is 0 Å². The zero-order chi connectivity index (χ0) is 13.2. The maximum Gasteiger partial charge on any atom is 0.308 e. The molecule has 1 heterocycles. The minimum atomic E-state index is -0.0585. The Morgan fingerprint density at radius 3 is 2.47 bits per heavy atom. The Hall–Kier alpha value is -0.570. The summed E-state index contributed by atoms with van der Waals surface area (Å²) in [6, 6.07) is 0. The molecule has 1 aliphatic rings. The van der Waals surface area contributed by atoms with Gasteiger partial charge in [0.25, 0.3) is 0 Å². The molecular weight excluding hydrogens is 216 g/mol. The van der Waals surface area contributed by atoms with Crippen molar-refractivity contribution in [2.24, 2.45) is 17.3 Å². The van der Waals surface area contributed by atoms with Crippen LogP contribution >= 0.6 is 0 Å². The molecule has 4 unspecified atom stereocenters. The lowest BCUT2D eigenvalue weighted by Crippen LogP contribution is -2.41. The van der Waals surface area contributed by atoms with Crippen LogP contribution in [0.25, 0.3) is 0 Å². The highest BCUT2D eigenvalue weighted by Gasteiger charge is 2.36. The number of carbonyl (C=O) groups is 1. The maximum absolute atomic E-state index is 11.6. The Labute approximate surface area is 105 Å². The second kappa shape index (κ2) is 5.38. The summed E-state index contributed by atoms with van der Waals surface area (Å²) in [7, 11) is 1.73. The van der Waals surface area contributed by atoms with Crippen LogP contribution in [-0.4, -0.2) is 25.3 Å². The lowest BCUT2D eigenvalue weighted by atomic mass is 9.81. The van der Waals surface area contributed by atoms with Crippen LogP contribution in [0.4, 0.5) is 0 Å². The van der Waals surface area contributed by atoms with Gasteiger partial charge in [0, 0.05) is 13.5 Å². The molecule has 4 atom stereocenters. The van der Waals surface area contributed by atoms with E-state index < -0.39 is 0 Å². The van der Waals surface area contributed by atoms with Crippen LogP contribution in [0.15, 0.2) is 0 Å². The lowest BCUT2D eigenvalue weighted by Gasteiger charge is -2.37. The predicted octanol–water partition coefficient (Wildman–Crippen LogP) is 3.03. The molecule has 0 saturated carbocycles. The van der Waals surface area contributed by atoms with Crippen molar-refractivity contribution in [3.8, 4) is 0 Å². The van der Waals surface area contributed by atoms with E-state index in [1.54, 1.807) is 7.11 Å². The quantitative estimate of drug-likeness (QED) is 0.714. The zero-order valence-corrected chi connectivity index (χ0v) is 11.9. The topological polar surface area (TPSA) is 35.5 Å².